The first-order chi connectivity index (χ1) is 12.4. The van der Waals surface area contributed by atoms with Crippen LogP contribution in [0.25, 0.3) is 0 Å². The van der Waals surface area contributed by atoms with Crippen LogP contribution in [0, 0.1) is 11.8 Å². The third-order valence-electron chi connectivity index (χ3n) is 4.79. The highest BCUT2D eigenvalue weighted by atomic mass is 19.4. The summed E-state index contributed by atoms with van der Waals surface area (Å²) >= 11 is 0. The summed E-state index contributed by atoms with van der Waals surface area (Å²) in [6, 6.07) is 2.29. The number of alkyl halides is 3. The largest absolute Gasteiger partial charge is 0.574 e. The maximum absolute atomic E-state index is 12.2. The molecule has 26 heavy (non-hydrogen) atoms. The average molecular weight is 373 g/mol. The molecule has 0 unspecified atom stereocenters. The fourth-order valence-corrected chi connectivity index (χ4v) is 3.35. The molecule has 0 spiro atoms. The van der Waals surface area contributed by atoms with Crippen LogP contribution in [0.5, 0.6) is 11.6 Å². The Balaban J connectivity index is 1.73. The average Bonchev–Trinajstić information content (AvgIpc) is 2.60. The summed E-state index contributed by atoms with van der Waals surface area (Å²) < 4.78 is 45.2. The second kappa shape index (κ2) is 9.78. The molecule has 0 amide bonds. The van der Waals surface area contributed by atoms with Crippen LogP contribution in [0.2, 0.25) is 0 Å². The van der Waals surface area contributed by atoms with Crippen molar-refractivity contribution < 1.29 is 27.4 Å². The summed E-state index contributed by atoms with van der Waals surface area (Å²) in [5, 5.41) is 0. The van der Waals surface area contributed by atoms with Crippen LogP contribution in [0.4, 0.5) is 13.2 Å². The zero-order chi connectivity index (χ0) is 19.0. The molecular formula is C19H26F3NO3. The van der Waals surface area contributed by atoms with Gasteiger partial charge in [0, 0.05) is 6.07 Å². The summed E-state index contributed by atoms with van der Waals surface area (Å²) in [6.45, 7) is 2.20. The van der Waals surface area contributed by atoms with Gasteiger partial charge in [0.05, 0.1) is 12.1 Å². The van der Waals surface area contributed by atoms with Crippen molar-refractivity contribution in [3.8, 4) is 11.6 Å². The highest BCUT2D eigenvalue weighted by Crippen LogP contribution is 2.33. The standard InChI is InChI=1S/C19H26F3NO3/c1-2-3-4-5-6-14-7-9-15(10-8-14)18(24)25-16-11-12-17(23-13-16)26-19(20,21)22/h11-15H,2-10H2,1H3/t14-,15-. The Morgan fingerprint density at radius 2 is 1.88 bits per heavy atom. The van der Waals surface area contributed by atoms with Gasteiger partial charge in [0.2, 0.25) is 5.88 Å². The molecule has 1 aliphatic rings. The van der Waals surface area contributed by atoms with E-state index in [4.69, 9.17) is 4.74 Å². The van der Waals surface area contributed by atoms with E-state index in [1.165, 1.54) is 38.2 Å². The molecule has 1 saturated carbocycles. The molecule has 1 aromatic heterocycles. The molecule has 0 atom stereocenters. The molecule has 2 rings (SSSR count). The summed E-state index contributed by atoms with van der Waals surface area (Å²) in [6.07, 6.45) is 6.22. The van der Waals surface area contributed by atoms with Crippen molar-refractivity contribution in [1.29, 1.82) is 0 Å². The number of nitrogens with zero attached hydrogens (tertiary/aromatic N) is 1. The first-order valence-corrected chi connectivity index (χ1v) is 9.31. The Kier molecular flexibility index (Phi) is 7.72. The summed E-state index contributed by atoms with van der Waals surface area (Å²) in [5.41, 5.74) is 0. The first-order valence-electron chi connectivity index (χ1n) is 9.31. The van der Waals surface area contributed by atoms with E-state index in [0.717, 1.165) is 37.9 Å². The number of unbranched alkanes of at least 4 members (excludes halogenated alkanes) is 3. The predicted octanol–water partition coefficient (Wildman–Crippen LogP) is 5.66. The zero-order valence-electron chi connectivity index (χ0n) is 15.1. The van der Waals surface area contributed by atoms with Gasteiger partial charge in [0.1, 0.15) is 5.75 Å². The normalized spacial score (nSPS) is 20.6. The number of aromatic nitrogens is 1. The molecule has 1 aliphatic carbocycles. The van der Waals surface area contributed by atoms with Crippen molar-refractivity contribution in [2.75, 3.05) is 0 Å². The molecule has 0 saturated heterocycles. The molecule has 0 aliphatic heterocycles. The summed E-state index contributed by atoms with van der Waals surface area (Å²) in [4.78, 5) is 15.7. The number of hydrogen-bond acceptors (Lipinski definition) is 4. The number of halogens is 3. The van der Waals surface area contributed by atoms with Gasteiger partial charge in [-0.2, -0.15) is 0 Å². The molecule has 0 aromatic carbocycles. The molecule has 0 bridgehead atoms. The van der Waals surface area contributed by atoms with E-state index < -0.39 is 12.2 Å². The fraction of sp³-hybridized carbons (Fsp3) is 0.684. The van der Waals surface area contributed by atoms with Crippen LogP contribution in [0.3, 0.4) is 0 Å². The monoisotopic (exact) mass is 373 g/mol. The van der Waals surface area contributed by atoms with Crippen molar-refractivity contribution in [3.05, 3.63) is 18.3 Å². The van der Waals surface area contributed by atoms with E-state index in [1.807, 2.05) is 0 Å². The minimum absolute atomic E-state index is 0.131. The lowest BCUT2D eigenvalue weighted by Crippen LogP contribution is -2.25. The van der Waals surface area contributed by atoms with E-state index in [1.54, 1.807) is 0 Å². The summed E-state index contributed by atoms with van der Waals surface area (Å²) in [5.74, 6) is -0.239. The number of rotatable bonds is 8. The minimum atomic E-state index is -4.79. The second-order valence-electron chi connectivity index (χ2n) is 6.87. The number of esters is 1. The molecule has 1 fully saturated rings. The van der Waals surface area contributed by atoms with Crippen molar-refractivity contribution in [2.45, 2.75) is 71.1 Å². The zero-order valence-corrected chi connectivity index (χ0v) is 15.1. The van der Waals surface area contributed by atoms with Gasteiger partial charge in [-0.15, -0.1) is 13.2 Å². The fourth-order valence-electron chi connectivity index (χ4n) is 3.35. The third-order valence-corrected chi connectivity index (χ3v) is 4.79. The molecule has 4 nitrogen and oxygen atoms in total. The Morgan fingerprint density at radius 1 is 1.15 bits per heavy atom. The smallest absolute Gasteiger partial charge is 0.425 e. The quantitative estimate of drug-likeness (QED) is 0.436. The van der Waals surface area contributed by atoms with Gasteiger partial charge in [0.25, 0.3) is 0 Å². The van der Waals surface area contributed by atoms with Crippen LogP contribution < -0.4 is 9.47 Å². The van der Waals surface area contributed by atoms with Gasteiger partial charge >= 0.3 is 12.3 Å². The second-order valence-corrected chi connectivity index (χ2v) is 6.87. The third kappa shape index (κ3) is 7.22. The van der Waals surface area contributed by atoms with Crippen LogP contribution >= 0.6 is 0 Å². The van der Waals surface area contributed by atoms with Crippen molar-refractivity contribution in [3.63, 3.8) is 0 Å². The van der Waals surface area contributed by atoms with Crippen molar-refractivity contribution in [2.24, 2.45) is 11.8 Å². The lowest BCUT2D eigenvalue weighted by Gasteiger charge is -2.27. The van der Waals surface area contributed by atoms with Gasteiger partial charge in [-0.05, 0) is 37.7 Å². The summed E-state index contributed by atoms with van der Waals surface area (Å²) in [7, 11) is 0. The molecular weight excluding hydrogens is 347 g/mol. The topological polar surface area (TPSA) is 48.4 Å². The number of hydrogen-bond donors (Lipinski definition) is 0. The lowest BCUT2D eigenvalue weighted by atomic mass is 9.80. The number of carbonyl (C=O) groups excluding carboxylic acids is 1. The SMILES string of the molecule is CCCCCC[C@H]1CC[C@H](C(=O)Oc2ccc(OC(F)(F)F)nc2)CC1. The van der Waals surface area contributed by atoms with Gasteiger partial charge < -0.3 is 9.47 Å². The van der Waals surface area contributed by atoms with Crippen LogP contribution in [0.1, 0.15) is 64.7 Å². The van der Waals surface area contributed by atoms with E-state index in [-0.39, 0.29) is 17.6 Å². The van der Waals surface area contributed by atoms with E-state index in [9.17, 15) is 18.0 Å². The molecule has 7 heteroatoms. The van der Waals surface area contributed by atoms with Crippen molar-refractivity contribution >= 4 is 5.97 Å². The van der Waals surface area contributed by atoms with E-state index >= 15 is 0 Å². The number of ether oxygens (including phenoxy) is 2. The lowest BCUT2D eigenvalue weighted by molar-refractivity contribution is -0.276. The van der Waals surface area contributed by atoms with Crippen molar-refractivity contribution in [1.82, 2.24) is 4.98 Å². The van der Waals surface area contributed by atoms with Crippen LogP contribution in [0.15, 0.2) is 18.3 Å². The number of pyridine rings is 1. The van der Waals surface area contributed by atoms with Gasteiger partial charge in [-0.3, -0.25) is 4.79 Å². The molecule has 146 valence electrons. The Bertz CT molecular complexity index is 552. The molecule has 1 heterocycles. The highest BCUT2D eigenvalue weighted by molar-refractivity contribution is 5.75. The Morgan fingerprint density at radius 3 is 2.46 bits per heavy atom. The predicted molar refractivity (Wildman–Crippen MR) is 90.8 cm³/mol. The molecule has 0 radical (unpaired) electrons. The van der Waals surface area contributed by atoms with Gasteiger partial charge in [-0.25, -0.2) is 4.98 Å². The maximum Gasteiger partial charge on any atom is 0.574 e. The maximum atomic E-state index is 12.2. The van der Waals surface area contributed by atoms with E-state index in [0.29, 0.717) is 5.92 Å². The molecule has 0 N–H and O–H groups in total. The first kappa shape index (κ1) is 20.5. The van der Waals surface area contributed by atoms with Crippen LogP contribution in [-0.4, -0.2) is 17.3 Å². The molecule has 1 aromatic rings. The van der Waals surface area contributed by atoms with Gasteiger partial charge in [0.15, 0.2) is 0 Å². The number of carbonyl (C=O) groups is 1. The Labute approximate surface area is 152 Å². The van der Waals surface area contributed by atoms with Crippen LogP contribution in [-0.2, 0) is 4.79 Å². The van der Waals surface area contributed by atoms with Gasteiger partial charge in [-0.1, -0.05) is 39.0 Å². The minimum Gasteiger partial charge on any atom is -0.425 e. The Hall–Kier alpha value is -1.79. The van der Waals surface area contributed by atoms with E-state index in [2.05, 4.69) is 16.6 Å². The highest BCUT2D eigenvalue weighted by Gasteiger charge is 2.32.